The number of amides is 1. The summed E-state index contributed by atoms with van der Waals surface area (Å²) in [6.07, 6.45) is 2.09. The monoisotopic (exact) mass is 433 g/mol. The maximum Gasteiger partial charge on any atom is 0.352 e. The summed E-state index contributed by atoms with van der Waals surface area (Å²) in [5, 5.41) is 11.5. The van der Waals surface area contributed by atoms with E-state index in [1.54, 1.807) is 12.1 Å². The van der Waals surface area contributed by atoms with Gasteiger partial charge in [-0.2, -0.15) is 0 Å². The molecule has 2 N–H and O–H groups in total. The molecule has 1 amide bonds. The smallest absolute Gasteiger partial charge is 0.352 e. The third-order valence-corrected chi connectivity index (χ3v) is 4.17. The largest absolute Gasteiger partial charge is 0.493 e. The number of carboxylic acid groups (broad SMARTS) is 1. The summed E-state index contributed by atoms with van der Waals surface area (Å²) in [6, 6.07) is 13.3. The Hall–Kier alpha value is -2.80. The van der Waals surface area contributed by atoms with Crippen LogP contribution in [-0.4, -0.2) is 30.7 Å². The van der Waals surface area contributed by atoms with Gasteiger partial charge in [-0.05, 0) is 45.3 Å². The number of hydrogen-bond acceptors (Lipinski definition) is 4. The Morgan fingerprint density at radius 3 is 2.52 bits per heavy atom. The average Bonchev–Trinajstić information content (AvgIpc) is 2.63. The van der Waals surface area contributed by atoms with E-state index in [4.69, 9.17) is 9.47 Å². The fourth-order valence-electron chi connectivity index (χ4n) is 2.39. The van der Waals surface area contributed by atoms with Crippen LogP contribution in [0.3, 0.4) is 0 Å². The van der Waals surface area contributed by atoms with E-state index in [1.807, 2.05) is 30.3 Å². The molecule has 0 unspecified atom stereocenters. The van der Waals surface area contributed by atoms with Crippen LogP contribution in [0.15, 0.2) is 52.6 Å². The number of carboxylic acids is 1. The number of ether oxygens (including phenoxy) is 2. The number of aliphatic carboxylic acids is 1. The van der Waals surface area contributed by atoms with Gasteiger partial charge in [-0.3, -0.25) is 4.79 Å². The number of halogens is 1. The van der Waals surface area contributed by atoms with E-state index in [9.17, 15) is 14.7 Å². The van der Waals surface area contributed by atoms with Gasteiger partial charge < -0.3 is 19.9 Å². The molecule has 0 radical (unpaired) electrons. The maximum absolute atomic E-state index is 11.3. The number of nitrogens with one attached hydrogen (secondary N) is 1. The van der Waals surface area contributed by atoms with Gasteiger partial charge in [0, 0.05) is 13.3 Å². The fraction of sp³-hybridized carbons (Fsp3) is 0.200. The number of hydrogen-bond donors (Lipinski definition) is 2. The Balaban J connectivity index is 2.20. The van der Waals surface area contributed by atoms with Crippen molar-refractivity contribution in [1.82, 2.24) is 5.32 Å². The molecule has 142 valence electrons. The van der Waals surface area contributed by atoms with Crippen molar-refractivity contribution in [2.24, 2.45) is 0 Å². The number of benzene rings is 2. The minimum atomic E-state index is -1.23. The van der Waals surface area contributed by atoms with E-state index in [0.717, 1.165) is 12.0 Å². The van der Waals surface area contributed by atoms with Crippen LogP contribution in [0, 0.1) is 0 Å². The van der Waals surface area contributed by atoms with Gasteiger partial charge in [0.25, 0.3) is 0 Å². The van der Waals surface area contributed by atoms with Gasteiger partial charge >= 0.3 is 5.97 Å². The van der Waals surface area contributed by atoms with Gasteiger partial charge in [0.1, 0.15) is 5.70 Å². The summed E-state index contributed by atoms with van der Waals surface area (Å²) in [5.74, 6) is -0.711. The molecule has 0 heterocycles. The average molecular weight is 434 g/mol. The normalized spacial score (nSPS) is 11.0. The number of carbonyl (C=O) groups is 2. The lowest BCUT2D eigenvalue weighted by Gasteiger charge is -2.14. The van der Waals surface area contributed by atoms with Crippen LogP contribution in [0.1, 0.15) is 18.1 Å². The van der Waals surface area contributed by atoms with Crippen LogP contribution in [0.2, 0.25) is 0 Å². The highest BCUT2D eigenvalue weighted by molar-refractivity contribution is 9.10. The van der Waals surface area contributed by atoms with Crippen molar-refractivity contribution in [3.05, 3.63) is 63.8 Å². The SMILES string of the molecule is COc1cc(C=C(NC(C)=O)C(=O)O)cc(Br)c1OCCc1ccccc1. The predicted molar refractivity (Wildman–Crippen MR) is 106 cm³/mol. The summed E-state index contributed by atoms with van der Waals surface area (Å²) in [7, 11) is 1.51. The first-order valence-electron chi connectivity index (χ1n) is 8.17. The highest BCUT2D eigenvalue weighted by atomic mass is 79.9. The summed E-state index contributed by atoms with van der Waals surface area (Å²) in [5.41, 5.74) is 1.48. The zero-order valence-electron chi connectivity index (χ0n) is 15.0. The first kappa shape index (κ1) is 20.5. The molecule has 27 heavy (non-hydrogen) atoms. The molecule has 0 spiro atoms. The summed E-state index contributed by atoms with van der Waals surface area (Å²) in [6.45, 7) is 1.71. The second-order valence-corrected chi connectivity index (χ2v) is 6.52. The Kier molecular flexibility index (Phi) is 7.43. The third kappa shape index (κ3) is 6.14. The van der Waals surface area contributed by atoms with Crippen LogP contribution in [0.4, 0.5) is 0 Å². The van der Waals surface area contributed by atoms with Crippen molar-refractivity contribution in [3.8, 4) is 11.5 Å². The molecule has 6 nitrogen and oxygen atoms in total. The summed E-state index contributed by atoms with van der Waals surface area (Å²) >= 11 is 3.43. The zero-order chi connectivity index (χ0) is 19.8. The first-order chi connectivity index (χ1) is 12.9. The van der Waals surface area contributed by atoms with Crippen molar-refractivity contribution >= 4 is 33.9 Å². The van der Waals surface area contributed by atoms with Gasteiger partial charge in [-0.15, -0.1) is 0 Å². The highest BCUT2D eigenvalue weighted by Crippen LogP contribution is 2.37. The van der Waals surface area contributed by atoms with Crippen LogP contribution in [0.5, 0.6) is 11.5 Å². The molecule has 0 aliphatic carbocycles. The summed E-state index contributed by atoms with van der Waals surface area (Å²) in [4.78, 5) is 22.4. The van der Waals surface area contributed by atoms with Crippen LogP contribution < -0.4 is 14.8 Å². The van der Waals surface area contributed by atoms with Gasteiger partial charge in [0.15, 0.2) is 11.5 Å². The number of rotatable bonds is 8. The molecule has 2 aromatic carbocycles. The quantitative estimate of drug-likeness (QED) is 0.620. The van der Waals surface area contributed by atoms with Crippen molar-refractivity contribution in [2.45, 2.75) is 13.3 Å². The van der Waals surface area contributed by atoms with E-state index in [0.29, 0.717) is 28.1 Å². The van der Waals surface area contributed by atoms with Gasteiger partial charge in [0.05, 0.1) is 18.2 Å². The maximum atomic E-state index is 11.3. The molecular weight excluding hydrogens is 414 g/mol. The highest BCUT2D eigenvalue weighted by Gasteiger charge is 2.14. The van der Waals surface area contributed by atoms with Crippen LogP contribution >= 0.6 is 15.9 Å². The Bertz CT molecular complexity index is 849. The molecule has 0 saturated carbocycles. The molecule has 0 fully saturated rings. The van der Waals surface area contributed by atoms with Gasteiger partial charge in [-0.25, -0.2) is 4.79 Å². The van der Waals surface area contributed by atoms with Crippen molar-refractivity contribution in [1.29, 1.82) is 0 Å². The topological polar surface area (TPSA) is 84.9 Å². The van der Waals surface area contributed by atoms with E-state index in [1.165, 1.54) is 20.1 Å². The second-order valence-electron chi connectivity index (χ2n) is 5.66. The Morgan fingerprint density at radius 2 is 1.93 bits per heavy atom. The van der Waals surface area contributed by atoms with Gasteiger partial charge in [0.2, 0.25) is 5.91 Å². The molecule has 2 aromatic rings. The number of methoxy groups -OCH3 is 1. The fourth-order valence-corrected chi connectivity index (χ4v) is 2.96. The van der Waals surface area contributed by atoms with Crippen molar-refractivity contribution < 1.29 is 24.2 Å². The van der Waals surface area contributed by atoms with E-state index in [2.05, 4.69) is 21.2 Å². The Labute approximate surface area is 165 Å². The summed E-state index contributed by atoms with van der Waals surface area (Å²) < 4.78 is 11.8. The lowest BCUT2D eigenvalue weighted by Crippen LogP contribution is -2.24. The molecule has 7 heteroatoms. The third-order valence-electron chi connectivity index (χ3n) is 3.58. The molecular formula is C20H20BrNO5. The van der Waals surface area contributed by atoms with Gasteiger partial charge in [-0.1, -0.05) is 30.3 Å². The van der Waals surface area contributed by atoms with Crippen LogP contribution in [-0.2, 0) is 16.0 Å². The standard InChI is InChI=1S/C20H20BrNO5/c1-13(23)22-17(20(24)25)11-15-10-16(21)19(18(12-15)26-2)27-9-8-14-6-4-3-5-7-14/h3-7,10-12H,8-9H2,1-2H3,(H,22,23)(H,24,25). The molecule has 0 aliphatic rings. The Morgan fingerprint density at radius 1 is 1.22 bits per heavy atom. The molecule has 0 bridgehead atoms. The molecule has 0 atom stereocenters. The lowest BCUT2D eigenvalue weighted by atomic mass is 10.1. The predicted octanol–water partition coefficient (Wildman–Crippen LogP) is 3.64. The van der Waals surface area contributed by atoms with E-state index < -0.39 is 11.9 Å². The molecule has 0 aliphatic heterocycles. The number of carbonyl (C=O) groups excluding carboxylic acids is 1. The first-order valence-corrected chi connectivity index (χ1v) is 8.97. The second kappa shape index (κ2) is 9.78. The molecule has 0 aromatic heterocycles. The minimum Gasteiger partial charge on any atom is -0.493 e. The van der Waals surface area contributed by atoms with Crippen molar-refractivity contribution in [3.63, 3.8) is 0 Å². The van der Waals surface area contributed by atoms with Crippen molar-refractivity contribution in [2.75, 3.05) is 13.7 Å². The molecule has 0 saturated heterocycles. The minimum absolute atomic E-state index is 0.228. The zero-order valence-corrected chi connectivity index (χ0v) is 16.6. The van der Waals surface area contributed by atoms with E-state index in [-0.39, 0.29) is 5.70 Å². The lowest BCUT2D eigenvalue weighted by molar-refractivity contribution is -0.134. The van der Waals surface area contributed by atoms with Crippen LogP contribution in [0.25, 0.3) is 6.08 Å². The van der Waals surface area contributed by atoms with E-state index >= 15 is 0 Å². The molecule has 2 rings (SSSR count).